The van der Waals surface area contributed by atoms with Crippen LogP contribution >= 0.6 is 0 Å². The number of alkyl halides is 3. The number of methoxy groups -OCH3 is 1. The van der Waals surface area contributed by atoms with Gasteiger partial charge in [0.25, 0.3) is 5.91 Å². The van der Waals surface area contributed by atoms with Crippen molar-refractivity contribution in [2.75, 3.05) is 59.7 Å². The number of aliphatic hydroxyl groups excluding tert-OH is 3. The quantitative estimate of drug-likeness (QED) is 0.304. The van der Waals surface area contributed by atoms with Crippen LogP contribution in [-0.2, 0) is 22.3 Å². The first kappa shape index (κ1) is 32.7. The Morgan fingerprint density at radius 3 is 2.47 bits per heavy atom. The predicted octanol–water partition coefficient (Wildman–Crippen LogP) is 1.30. The van der Waals surface area contributed by atoms with Gasteiger partial charge in [-0.25, -0.2) is 0 Å². The summed E-state index contributed by atoms with van der Waals surface area (Å²) in [6.45, 7) is 1.97. The minimum absolute atomic E-state index is 0.0242. The molecule has 45 heavy (non-hydrogen) atoms. The van der Waals surface area contributed by atoms with Crippen LogP contribution in [0.25, 0.3) is 0 Å². The lowest BCUT2D eigenvalue weighted by Crippen LogP contribution is -2.57. The fourth-order valence-corrected chi connectivity index (χ4v) is 6.05. The van der Waals surface area contributed by atoms with Gasteiger partial charge in [-0.3, -0.25) is 14.5 Å². The van der Waals surface area contributed by atoms with E-state index >= 15 is 0 Å². The fourth-order valence-electron chi connectivity index (χ4n) is 6.05. The lowest BCUT2D eigenvalue weighted by atomic mass is 9.77. The highest BCUT2D eigenvalue weighted by atomic mass is 19.4. The number of hydrogen-bond acceptors (Lipinski definition) is 9. The molecule has 4 N–H and O–H groups in total. The van der Waals surface area contributed by atoms with Gasteiger partial charge in [-0.15, -0.1) is 0 Å². The SMILES string of the molecule is COc1cc(CO)cc2c1O[C@@H]1[C@@H](O)[C@H](N(CCN3CCOCC3)C(=O)c3ccc(C(F)(F)F)cc3)C=C(C(=O)NCCO)[C@H]21. The lowest BCUT2D eigenvalue weighted by Gasteiger charge is -2.41. The van der Waals surface area contributed by atoms with E-state index in [0.717, 1.165) is 24.3 Å². The molecule has 2 aromatic rings. The first-order valence-electron chi connectivity index (χ1n) is 14.6. The third kappa shape index (κ3) is 6.79. The van der Waals surface area contributed by atoms with Crippen LogP contribution in [0.1, 0.15) is 33.0 Å². The molecule has 2 amide bonds. The molecule has 4 atom stereocenters. The third-order valence-electron chi connectivity index (χ3n) is 8.34. The van der Waals surface area contributed by atoms with E-state index in [9.17, 15) is 38.1 Å². The number of fused-ring (bicyclic) bond motifs is 3. The van der Waals surface area contributed by atoms with E-state index in [4.69, 9.17) is 14.2 Å². The van der Waals surface area contributed by atoms with Crippen LogP contribution in [-0.4, -0.2) is 115 Å². The zero-order chi connectivity index (χ0) is 32.3. The molecule has 2 aromatic carbocycles. The van der Waals surface area contributed by atoms with Crippen molar-refractivity contribution in [1.29, 1.82) is 0 Å². The van der Waals surface area contributed by atoms with Gasteiger partial charge in [0, 0.05) is 49.4 Å². The zero-order valence-corrected chi connectivity index (χ0v) is 24.6. The standard InChI is InChI=1S/C31H36F3N3O8/c1-43-24-15-18(17-39)14-21-25-22(29(41)35-6-11-38)16-23(26(40)28(25)45-27(21)24)37(8-7-36-9-12-44-13-10-36)30(42)19-2-4-20(5-3-19)31(32,33)34/h2-5,14-16,23,25-26,28,38-40H,6-13,17H2,1H3,(H,35,41)/t23-,25+,26+,28+/m1/s1. The molecular weight excluding hydrogens is 599 g/mol. The summed E-state index contributed by atoms with van der Waals surface area (Å²) in [5.41, 5.74) is 0.224. The van der Waals surface area contributed by atoms with Crippen molar-refractivity contribution in [3.63, 3.8) is 0 Å². The Morgan fingerprint density at radius 1 is 1.13 bits per heavy atom. The number of ether oxygens (including phenoxy) is 3. The normalized spacial score (nSPS) is 23.0. The summed E-state index contributed by atoms with van der Waals surface area (Å²) in [5, 5.41) is 33.7. The number of halogens is 3. The van der Waals surface area contributed by atoms with Gasteiger partial charge >= 0.3 is 6.18 Å². The Morgan fingerprint density at radius 2 is 1.84 bits per heavy atom. The van der Waals surface area contributed by atoms with Gasteiger partial charge in [-0.05, 0) is 48.0 Å². The minimum Gasteiger partial charge on any atom is -0.493 e. The molecule has 1 saturated heterocycles. The van der Waals surface area contributed by atoms with Gasteiger partial charge in [-0.2, -0.15) is 13.2 Å². The van der Waals surface area contributed by atoms with E-state index in [-0.39, 0.29) is 48.9 Å². The minimum atomic E-state index is -4.59. The van der Waals surface area contributed by atoms with Crippen LogP contribution in [0, 0.1) is 0 Å². The summed E-state index contributed by atoms with van der Waals surface area (Å²) in [6, 6.07) is 5.96. The van der Waals surface area contributed by atoms with E-state index in [0.29, 0.717) is 44.0 Å². The van der Waals surface area contributed by atoms with Crippen LogP contribution in [0.2, 0.25) is 0 Å². The van der Waals surface area contributed by atoms with Gasteiger partial charge in [-0.1, -0.05) is 0 Å². The fraction of sp³-hybridized carbons (Fsp3) is 0.484. The molecule has 0 unspecified atom stereocenters. The number of rotatable bonds is 10. The first-order valence-corrected chi connectivity index (χ1v) is 14.6. The number of carbonyl (C=O) groups is 2. The van der Waals surface area contributed by atoms with Crippen molar-refractivity contribution in [3.8, 4) is 11.5 Å². The molecule has 5 rings (SSSR count). The summed E-state index contributed by atoms with van der Waals surface area (Å²) in [4.78, 5) is 30.9. The number of nitrogens with one attached hydrogen (secondary N) is 1. The first-order chi connectivity index (χ1) is 21.6. The maximum atomic E-state index is 14.0. The van der Waals surface area contributed by atoms with Gasteiger partial charge in [0.05, 0.1) is 51.1 Å². The van der Waals surface area contributed by atoms with E-state index < -0.39 is 47.7 Å². The van der Waals surface area contributed by atoms with Crippen LogP contribution in [0.5, 0.6) is 11.5 Å². The number of amides is 2. The summed E-state index contributed by atoms with van der Waals surface area (Å²) < 4.78 is 56.9. The highest BCUT2D eigenvalue weighted by molar-refractivity contribution is 5.97. The molecule has 1 aliphatic carbocycles. The van der Waals surface area contributed by atoms with E-state index in [2.05, 4.69) is 10.2 Å². The lowest BCUT2D eigenvalue weighted by molar-refractivity contribution is -0.137. The molecule has 0 aromatic heterocycles. The molecule has 0 spiro atoms. The molecule has 2 heterocycles. The van der Waals surface area contributed by atoms with Gasteiger partial charge in [0.2, 0.25) is 5.91 Å². The molecule has 2 aliphatic heterocycles. The monoisotopic (exact) mass is 635 g/mol. The summed E-state index contributed by atoms with van der Waals surface area (Å²) in [7, 11) is 1.42. The van der Waals surface area contributed by atoms with Crippen LogP contribution in [0.3, 0.4) is 0 Å². The Bertz CT molecular complexity index is 1410. The molecule has 0 bridgehead atoms. The third-order valence-corrected chi connectivity index (χ3v) is 8.34. The Labute approximate surface area is 257 Å². The van der Waals surface area contributed by atoms with Crippen molar-refractivity contribution < 1.29 is 52.3 Å². The van der Waals surface area contributed by atoms with Gasteiger partial charge < -0.3 is 39.7 Å². The topological polar surface area (TPSA) is 141 Å². The van der Waals surface area contributed by atoms with Crippen LogP contribution in [0.4, 0.5) is 13.2 Å². The van der Waals surface area contributed by atoms with Crippen LogP contribution < -0.4 is 14.8 Å². The molecule has 0 saturated carbocycles. The number of benzene rings is 2. The second kappa shape index (κ2) is 13.7. The number of aliphatic hydroxyl groups is 3. The van der Waals surface area contributed by atoms with Crippen LogP contribution in [0.15, 0.2) is 48.0 Å². The smallest absolute Gasteiger partial charge is 0.416 e. The average molecular weight is 636 g/mol. The second-order valence-electron chi connectivity index (χ2n) is 11.0. The van der Waals surface area contributed by atoms with Crippen molar-refractivity contribution in [3.05, 3.63) is 70.3 Å². The average Bonchev–Trinajstić information content (AvgIpc) is 3.44. The predicted molar refractivity (Wildman–Crippen MR) is 154 cm³/mol. The maximum absolute atomic E-state index is 14.0. The van der Waals surface area contributed by atoms with Crippen molar-refractivity contribution in [2.24, 2.45) is 0 Å². The molecule has 1 fully saturated rings. The van der Waals surface area contributed by atoms with Gasteiger partial charge in [0.15, 0.2) is 11.5 Å². The summed E-state index contributed by atoms with van der Waals surface area (Å²) in [6.07, 6.45) is -5.53. The van der Waals surface area contributed by atoms with E-state index in [1.54, 1.807) is 12.1 Å². The molecule has 244 valence electrons. The van der Waals surface area contributed by atoms with E-state index in [1.807, 2.05) is 0 Å². The molecule has 3 aliphatic rings. The highest BCUT2D eigenvalue weighted by Gasteiger charge is 2.51. The molecular formula is C31H36F3N3O8. The molecule has 11 nitrogen and oxygen atoms in total. The Kier molecular flexibility index (Phi) is 9.99. The number of carbonyl (C=O) groups excluding carboxylic acids is 2. The second-order valence-corrected chi connectivity index (χ2v) is 11.0. The summed E-state index contributed by atoms with van der Waals surface area (Å²) >= 11 is 0. The molecule has 14 heteroatoms. The highest BCUT2D eigenvalue weighted by Crippen LogP contribution is 2.51. The van der Waals surface area contributed by atoms with Crippen molar-refractivity contribution in [2.45, 2.75) is 37.0 Å². The Hall–Kier alpha value is -3.69. The largest absolute Gasteiger partial charge is 0.493 e. The maximum Gasteiger partial charge on any atom is 0.416 e. The summed E-state index contributed by atoms with van der Waals surface area (Å²) in [5.74, 6) is -1.45. The van der Waals surface area contributed by atoms with E-state index in [1.165, 1.54) is 18.1 Å². The molecule has 0 radical (unpaired) electrons. The zero-order valence-electron chi connectivity index (χ0n) is 24.6. The number of nitrogens with zero attached hydrogens (tertiary/aromatic N) is 2. The van der Waals surface area contributed by atoms with Gasteiger partial charge in [0.1, 0.15) is 12.2 Å². The van der Waals surface area contributed by atoms with Crippen molar-refractivity contribution >= 4 is 11.8 Å². The van der Waals surface area contributed by atoms with Crippen molar-refractivity contribution in [1.82, 2.24) is 15.1 Å². The Balaban J connectivity index is 1.56. The number of hydrogen-bond donors (Lipinski definition) is 4. The number of morpholine rings is 1.